The summed E-state index contributed by atoms with van der Waals surface area (Å²) in [5.74, 6) is 1.02. The van der Waals surface area contributed by atoms with Crippen molar-refractivity contribution < 1.29 is 0 Å². The molecule has 0 radical (unpaired) electrons. The van der Waals surface area contributed by atoms with Crippen LogP contribution in [0.4, 0.5) is 0 Å². The van der Waals surface area contributed by atoms with Gasteiger partial charge in [0.05, 0.1) is 0 Å². The topological polar surface area (TPSA) is 15.3 Å². The van der Waals surface area contributed by atoms with E-state index in [-0.39, 0.29) is 0 Å². The van der Waals surface area contributed by atoms with Gasteiger partial charge in [0.15, 0.2) is 0 Å². The van der Waals surface area contributed by atoms with Crippen molar-refractivity contribution in [2.24, 2.45) is 11.3 Å². The third-order valence-electron chi connectivity index (χ3n) is 5.57. The first kappa shape index (κ1) is 12.9. The first-order chi connectivity index (χ1) is 8.86. The molecule has 0 unspecified atom stereocenters. The minimum absolute atomic E-state index is 0.774. The van der Waals surface area contributed by atoms with Crippen molar-refractivity contribution in [3.8, 4) is 0 Å². The van der Waals surface area contributed by atoms with E-state index in [1.807, 2.05) is 0 Å². The predicted octanol–water partition coefficient (Wildman–Crippen LogP) is 3.03. The molecule has 0 atom stereocenters. The van der Waals surface area contributed by atoms with E-state index in [1.165, 1.54) is 90.5 Å². The third kappa shape index (κ3) is 3.48. The summed E-state index contributed by atoms with van der Waals surface area (Å²) in [6, 6.07) is 0. The zero-order valence-corrected chi connectivity index (χ0v) is 11.9. The SMILES string of the molecule is C1CCC2(CC1)CCN(CCNCC1CC1)CC2. The monoisotopic (exact) mass is 250 g/mol. The second kappa shape index (κ2) is 5.92. The molecule has 3 fully saturated rings. The third-order valence-corrected chi connectivity index (χ3v) is 5.57. The van der Waals surface area contributed by atoms with Crippen molar-refractivity contribution >= 4 is 0 Å². The predicted molar refractivity (Wildman–Crippen MR) is 76.8 cm³/mol. The molecule has 2 heteroatoms. The zero-order chi connectivity index (χ0) is 12.3. The Morgan fingerprint density at radius 3 is 2.33 bits per heavy atom. The highest BCUT2D eigenvalue weighted by molar-refractivity contribution is 4.88. The highest BCUT2D eigenvalue weighted by atomic mass is 15.1. The standard InChI is InChI=1S/C16H30N2/c1-2-6-16(7-3-1)8-11-18(12-9-16)13-10-17-14-15-4-5-15/h15,17H,1-14H2. The smallest absolute Gasteiger partial charge is 0.0107 e. The maximum Gasteiger partial charge on any atom is 0.0107 e. The zero-order valence-electron chi connectivity index (χ0n) is 11.9. The number of hydrogen-bond donors (Lipinski definition) is 1. The van der Waals surface area contributed by atoms with Crippen LogP contribution in [0.25, 0.3) is 0 Å². The van der Waals surface area contributed by atoms with Crippen LogP contribution in [0, 0.1) is 11.3 Å². The quantitative estimate of drug-likeness (QED) is 0.755. The van der Waals surface area contributed by atoms with Crippen LogP contribution in [0.15, 0.2) is 0 Å². The molecule has 0 bridgehead atoms. The normalized spacial score (nSPS) is 28.7. The lowest BCUT2D eigenvalue weighted by Gasteiger charge is -2.44. The summed E-state index contributed by atoms with van der Waals surface area (Å²) < 4.78 is 0. The van der Waals surface area contributed by atoms with Crippen LogP contribution in [-0.4, -0.2) is 37.6 Å². The Hall–Kier alpha value is -0.0800. The van der Waals surface area contributed by atoms with Crippen LogP contribution < -0.4 is 5.32 Å². The molecular weight excluding hydrogens is 220 g/mol. The van der Waals surface area contributed by atoms with Gasteiger partial charge in [-0.15, -0.1) is 0 Å². The minimum Gasteiger partial charge on any atom is -0.315 e. The molecule has 0 aromatic carbocycles. The van der Waals surface area contributed by atoms with E-state index in [1.54, 1.807) is 0 Å². The Bertz CT molecular complexity index is 244. The van der Waals surface area contributed by atoms with Gasteiger partial charge in [-0.05, 0) is 69.5 Å². The maximum atomic E-state index is 3.62. The van der Waals surface area contributed by atoms with Gasteiger partial charge < -0.3 is 10.2 Å². The molecule has 1 aliphatic heterocycles. The molecule has 1 heterocycles. The molecular formula is C16H30N2. The molecule has 2 aliphatic carbocycles. The fourth-order valence-corrected chi connectivity index (χ4v) is 3.92. The average Bonchev–Trinajstić information content (AvgIpc) is 3.22. The molecule has 3 aliphatic rings. The summed E-state index contributed by atoms with van der Waals surface area (Å²) in [6.45, 7) is 6.50. The van der Waals surface area contributed by atoms with Gasteiger partial charge in [0.25, 0.3) is 0 Å². The lowest BCUT2D eigenvalue weighted by molar-refractivity contribution is 0.0683. The van der Waals surface area contributed by atoms with E-state index in [4.69, 9.17) is 0 Å². The number of nitrogens with zero attached hydrogens (tertiary/aromatic N) is 1. The van der Waals surface area contributed by atoms with Crippen molar-refractivity contribution in [1.82, 2.24) is 10.2 Å². The van der Waals surface area contributed by atoms with E-state index in [9.17, 15) is 0 Å². The fraction of sp³-hybridized carbons (Fsp3) is 1.00. The summed E-state index contributed by atoms with van der Waals surface area (Å²) in [4.78, 5) is 2.69. The van der Waals surface area contributed by atoms with Crippen LogP contribution in [0.2, 0.25) is 0 Å². The van der Waals surface area contributed by atoms with E-state index < -0.39 is 0 Å². The Labute approximate surface area is 113 Å². The van der Waals surface area contributed by atoms with Gasteiger partial charge in [0.2, 0.25) is 0 Å². The second-order valence-corrected chi connectivity index (χ2v) is 7.05. The molecule has 1 N–H and O–H groups in total. The molecule has 0 amide bonds. The second-order valence-electron chi connectivity index (χ2n) is 7.05. The maximum absolute atomic E-state index is 3.62. The molecule has 18 heavy (non-hydrogen) atoms. The van der Waals surface area contributed by atoms with Crippen molar-refractivity contribution in [2.45, 2.75) is 57.8 Å². The van der Waals surface area contributed by atoms with E-state index in [0.29, 0.717) is 0 Å². The van der Waals surface area contributed by atoms with Crippen molar-refractivity contribution in [1.29, 1.82) is 0 Å². The molecule has 3 rings (SSSR count). The molecule has 0 aromatic rings. The summed E-state index contributed by atoms with van der Waals surface area (Å²) >= 11 is 0. The Morgan fingerprint density at radius 2 is 1.67 bits per heavy atom. The van der Waals surface area contributed by atoms with Gasteiger partial charge in [-0.2, -0.15) is 0 Å². The van der Waals surface area contributed by atoms with Gasteiger partial charge in [0, 0.05) is 13.1 Å². The van der Waals surface area contributed by atoms with Crippen LogP contribution >= 0.6 is 0 Å². The highest BCUT2D eigenvalue weighted by Gasteiger charge is 2.35. The van der Waals surface area contributed by atoms with Crippen LogP contribution in [0.3, 0.4) is 0 Å². The number of nitrogens with one attached hydrogen (secondary N) is 1. The highest BCUT2D eigenvalue weighted by Crippen LogP contribution is 2.44. The van der Waals surface area contributed by atoms with Gasteiger partial charge in [-0.3, -0.25) is 0 Å². The van der Waals surface area contributed by atoms with E-state index in [0.717, 1.165) is 11.3 Å². The summed E-state index contributed by atoms with van der Waals surface area (Å²) in [5, 5.41) is 3.62. The number of hydrogen-bond acceptors (Lipinski definition) is 2. The molecule has 104 valence electrons. The molecule has 1 saturated heterocycles. The number of piperidine rings is 1. The molecule has 2 nitrogen and oxygen atoms in total. The average molecular weight is 250 g/mol. The van der Waals surface area contributed by atoms with Crippen molar-refractivity contribution in [3.63, 3.8) is 0 Å². The van der Waals surface area contributed by atoms with E-state index in [2.05, 4.69) is 10.2 Å². The Morgan fingerprint density at radius 1 is 0.944 bits per heavy atom. The van der Waals surface area contributed by atoms with E-state index >= 15 is 0 Å². The van der Waals surface area contributed by atoms with Crippen molar-refractivity contribution in [3.05, 3.63) is 0 Å². The minimum atomic E-state index is 0.774. The Balaban J connectivity index is 1.31. The first-order valence-corrected chi connectivity index (χ1v) is 8.29. The van der Waals surface area contributed by atoms with Gasteiger partial charge in [-0.1, -0.05) is 19.3 Å². The Kier molecular flexibility index (Phi) is 4.25. The molecule has 0 aromatic heterocycles. The lowest BCUT2D eigenvalue weighted by Crippen LogP contribution is -2.43. The molecule has 2 saturated carbocycles. The molecule has 1 spiro atoms. The van der Waals surface area contributed by atoms with Crippen molar-refractivity contribution in [2.75, 3.05) is 32.7 Å². The number of rotatable bonds is 5. The van der Waals surface area contributed by atoms with Gasteiger partial charge >= 0.3 is 0 Å². The van der Waals surface area contributed by atoms with Gasteiger partial charge in [-0.25, -0.2) is 0 Å². The lowest BCUT2D eigenvalue weighted by atomic mass is 9.68. The summed E-state index contributed by atoms with van der Waals surface area (Å²) in [6.07, 6.45) is 13.5. The largest absolute Gasteiger partial charge is 0.315 e. The number of likely N-dealkylation sites (tertiary alicyclic amines) is 1. The van der Waals surface area contributed by atoms with Crippen LogP contribution in [-0.2, 0) is 0 Å². The summed E-state index contributed by atoms with van der Waals surface area (Å²) in [7, 11) is 0. The fourth-order valence-electron chi connectivity index (χ4n) is 3.92. The van der Waals surface area contributed by atoms with Crippen LogP contribution in [0.1, 0.15) is 57.8 Å². The summed E-state index contributed by atoms with van der Waals surface area (Å²) in [5.41, 5.74) is 0.774. The van der Waals surface area contributed by atoms with Gasteiger partial charge in [0.1, 0.15) is 0 Å². The first-order valence-electron chi connectivity index (χ1n) is 8.29. The van der Waals surface area contributed by atoms with Crippen LogP contribution in [0.5, 0.6) is 0 Å².